The first kappa shape index (κ1) is 15.5. The minimum atomic E-state index is -3.76. The monoisotopic (exact) mass is 309 g/mol. The Hall–Kier alpha value is -1.92. The average Bonchev–Trinajstić information content (AvgIpc) is 2.45. The Balaban J connectivity index is 2.27. The van der Waals surface area contributed by atoms with Crippen LogP contribution < -0.4 is 4.72 Å². The Morgan fingerprint density at radius 3 is 2.43 bits per heavy atom. The van der Waals surface area contributed by atoms with Crippen molar-refractivity contribution in [2.24, 2.45) is 0 Å². The minimum Gasteiger partial charge on any atom is -0.396 e. The van der Waals surface area contributed by atoms with Gasteiger partial charge in [-0.1, -0.05) is 18.2 Å². The van der Waals surface area contributed by atoms with Gasteiger partial charge in [0.25, 0.3) is 10.0 Å². The first-order chi connectivity index (χ1) is 9.94. The molecule has 4 nitrogen and oxygen atoms in total. The van der Waals surface area contributed by atoms with E-state index in [1.807, 2.05) is 0 Å². The molecule has 2 aromatic rings. The van der Waals surface area contributed by atoms with Crippen LogP contribution in [0.15, 0.2) is 47.4 Å². The van der Waals surface area contributed by atoms with E-state index in [-0.39, 0.29) is 22.8 Å². The van der Waals surface area contributed by atoms with Gasteiger partial charge in [0.1, 0.15) is 5.82 Å². The summed E-state index contributed by atoms with van der Waals surface area (Å²) in [6, 6.07) is 10.4. The molecule has 21 heavy (non-hydrogen) atoms. The number of halogens is 1. The fourth-order valence-corrected chi connectivity index (χ4v) is 3.01. The average molecular weight is 309 g/mol. The van der Waals surface area contributed by atoms with Gasteiger partial charge in [0.05, 0.1) is 10.6 Å². The third-order valence-electron chi connectivity index (χ3n) is 3.15. The first-order valence-corrected chi connectivity index (χ1v) is 7.90. The molecule has 0 radical (unpaired) electrons. The van der Waals surface area contributed by atoms with Crippen molar-refractivity contribution in [3.8, 4) is 0 Å². The Morgan fingerprint density at radius 1 is 1.14 bits per heavy atom. The molecule has 112 valence electrons. The summed E-state index contributed by atoms with van der Waals surface area (Å²) >= 11 is 0. The lowest BCUT2D eigenvalue weighted by Gasteiger charge is -2.11. The standard InChI is InChI=1S/C15H16FNO3S/c1-11-14(16)3-2-4-15(11)17-21(19,20)13-7-5-12(6-8-13)9-10-18/h2-8,17-18H,9-10H2,1H3. The van der Waals surface area contributed by atoms with Crippen LogP contribution in [0.2, 0.25) is 0 Å². The molecule has 0 bridgehead atoms. The largest absolute Gasteiger partial charge is 0.396 e. The quantitative estimate of drug-likeness (QED) is 0.891. The van der Waals surface area contributed by atoms with E-state index in [0.717, 1.165) is 5.56 Å². The molecule has 2 aromatic carbocycles. The van der Waals surface area contributed by atoms with Crippen molar-refractivity contribution in [2.45, 2.75) is 18.2 Å². The van der Waals surface area contributed by atoms with Crippen LogP contribution in [0.1, 0.15) is 11.1 Å². The van der Waals surface area contributed by atoms with Gasteiger partial charge in [0.15, 0.2) is 0 Å². The van der Waals surface area contributed by atoms with Crippen LogP contribution in [0.4, 0.5) is 10.1 Å². The molecule has 0 aliphatic rings. The summed E-state index contributed by atoms with van der Waals surface area (Å²) in [6.07, 6.45) is 0.469. The van der Waals surface area contributed by atoms with E-state index in [1.54, 1.807) is 12.1 Å². The minimum absolute atomic E-state index is 0.00678. The molecular formula is C15H16FNO3S. The fraction of sp³-hybridized carbons (Fsp3) is 0.200. The zero-order valence-corrected chi connectivity index (χ0v) is 12.3. The summed E-state index contributed by atoms with van der Waals surface area (Å²) in [6.45, 7) is 1.52. The van der Waals surface area contributed by atoms with Crippen LogP contribution in [0.5, 0.6) is 0 Å². The van der Waals surface area contributed by atoms with Crippen molar-refractivity contribution in [3.63, 3.8) is 0 Å². The molecule has 6 heteroatoms. The molecule has 0 amide bonds. The molecule has 0 atom stereocenters. The van der Waals surface area contributed by atoms with Gasteiger partial charge >= 0.3 is 0 Å². The van der Waals surface area contributed by atoms with E-state index in [4.69, 9.17) is 5.11 Å². The lowest BCUT2D eigenvalue weighted by atomic mass is 10.2. The second-order valence-corrected chi connectivity index (χ2v) is 6.32. The summed E-state index contributed by atoms with van der Waals surface area (Å²) in [4.78, 5) is 0.0906. The van der Waals surface area contributed by atoms with Gasteiger partial charge in [0, 0.05) is 12.2 Å². The summed E-state index contributed by atoms with van der Waals surface area (Å²) in [5, 5.41) is 8.83. The highest BCUT2D eigenvalue weighted by atomic mass is 32.2. The maximum atomic E-state index is 13.4. The highest BCUT2D eigenvalue weighted by Gasteiger charge is 2.16. The van der Waals surface area contributed by atoms with Crippen molar-refractivity contribution in [3.05, 3.63) is 59.4 Å². The molecule has 0 saturated carbocycles. The molecule has 0 heterocycles. The van der Waals surface area contributed by atoms with E-state index in [0.29, 0.717) is 6.42 Å². The second kappa shape index (κ2) is 6.24. The van der Waals surface area contributed by atoms with Crippen LogP contribution >= 0.6 is 0 Å². The predicted octanol–water partition coefficient (Wildman–Crippen LogP) is 2.47. The molecule has 0 unspecified atom stereocenters. The highest BCUT2D eigenvalue weighted by Crippen LogP contribution is 2.21. The molecule has 2 rings (SSSR count). The fourth-order valence-electron chi connectivity index (χ4n) is 1.89. The van der Waals surface area contributed by atoms with E-state index in [1.165, 1.54) is 37.3 Å². The van der Waals surface area contributed by atoms with E-state index in [2.05, 4.69) is 4.72 Å². The van der Waals surface area contributed by atoms with Crippen molar-refractivity contribution in [1.29, 1.82) is 0 Å². The maximum Gasteiger partial charge on any atom is 0.261 e. The van der Waals surface area contributed by atoms with Gasteiger partial charge in [-0.2, -0.15) is 0 Å². The molecular weight excluding hydrogens is 293 g/mol. The van der Waals surface area contributed by atoms with Crippen LogP contribution in [-0.2, 0) is 16.4 Å². The Morgan fingerprint density at radius 2 is 1.81 bits per heavy atom. The number of anilines is 1. The molecule has 0 aromatic heterocycles. The van der Waals surface area contributed by atoms with Gasteiger partial charge in [-0.05, 0) is 43.2 Å². The molecule has 0 saturated heterocycles. The molecule has 0 aliphatic heterocycles. The second-order valence-electron chi connectivity index (χ2n) is 4.64. The van der Waals surface area contributed by atoms with E-state index >= 15 is 0 Å². The van der Waals surface area contributed by atoms with Crippen molar-refractivity contribution in [1.82, 2.24) is 0 Å². The Labute approximate surface area is 123 Å². The van der Waals surface area contributed by atoms with Crippen molar-refractivity contribution >= 4 is 15.7 Å². The van der Waals surface area contributed by atoms with Gasteiger partial charge < -0.3 is 5.11 Å². The van der Waals surface area contributed by atoms with Gasteiger partial charge in [-0.3, -0.25) is 4.72 Å². The number of hydrogen-bond acceptors (Lipinski definition) is 3. The maximum absolute atomic E-state index is 13.4. The van der Waals surface area contributed by atoms with Crippen LogP contribution in [0.25, 0.3) is 0 Å². The summed E-state index contributed by atoms with van der Waals surface area (Å²) in [7, 11) is -3.76. The zero-order chi connectivity index (χ0) is 15.5. The third-order valence-corrected chi connectivity index (χ3v) is 4.53. The number of benzene rings is 2. The van der Waals surface area contributed by atoms with E-state index < -0.39 is 15.8 Å². The molecule has 2 N–H and O–H groups in total. The van der Waals surface area contributed by atoms with Crippen LogP contribution in [-0.4, -0.2) is 20.1 Å². The Bertz CT molecular complexity index is 727. The van der Waals surface area contributed by atoms with Gasteiger partial charge in [-0.15, -0.1) is 0 Å². The topological polar surface area (TPSA) is 66.4 Å². The first-order valence-electron chi connectivity index (χ1n) is 6.42. The number of sulfonamides is 1. The number of rotatable bonds is 5. The number of nitrogens with one attached hydrogen (secondary N) is 1. The molecule has 0 spiro atoms. The molecule has 0 aliphatic carbocycles. The molecule has 0 fully saturated rings. The summed E-state index contributed by atoms with van der Waals surface area (Å²) in [5.41, 5.74) is 1.31. The summed E-state index contributed by atoms with van der Waals surface area (Å²) < 4.78 is 40.3. The van der Waals surface area contributed by atoms with E-state index in [9.17, 15) is 12.8 Å². The summed E-state index contributed by atoms with van der Waals surface area (Å²) in [5.74, 6) is -0.464. The highest BCUT2D eigenvalue weighted by molar-refractivity contribution is 7.92. The number of aliphatic hydroxyl groups is 1. The third kappa shape index (κ3) is 3.59. The van der Waals surface area contributed by atoms with Crippen molar-refractivity contribution < 1.29 is 17.9 Å². The normalized spacial score (nSPS) is 11.4. The zero-order valence-electron chi connectivity index (χ0n) is 11.5. The Kier molecular flexibility index (Phi) is 4.59. The number of hydrogen-bond donors (Lipinski definition) is 2. The van der Waals surface area contributed by atoms with Crippen LogP contribution in [0, 0.1) is 12.7 Å². The SMILES string of the molecule is Cc1c(F)cccc1NS(=O)(=O)c1ccc(CCO)cc1. The lowest BCUT2D eigenvalue weighted by Crippen LogP contribution is -2.14. The number of aliphatic hydroxyl groups excluding tert-OH is 1. The smallest absolute Gasteiger partial charge is 0.261 e. The lowest BCUT2D eigenvalue weighted by molar-refractivity contribution is 0.299. The van der Waals surface area contributed by atoms with Crippen LogP contribution in [0.3, 0.4) is 0 Å². The predicted molar refractivity (Wildman–Crippen MR) is 79.2 cm³/mol. The van der Waals surface area contributed by atoms with Gasteiger partial charge in [0.2, 0.25) is 0 Å². The van der Waals surface area contributed by atoms with Crippen molar-refractivity contribution in [2.75, 3.05) is 11.3 Å². The van der Waals surface area contributed by atoms with Gasteiger partial charge in [-0.25, -0.2) is 12.8 Å².